The van der Waals surface area contributed by atoms with Crippen molar-refractivity contribution in [1.82, 2.24) is 0 Å². The van der Waals surface area contributed by atoms with E-state index in [1.165, 1.54) is 6.20 Å². The normalized spacial score (nSPS) is 10.2. The quantitative estimate of drug-likeness (QED) is 0.555. The summed E-state index contributed by atoms with van der Waals surface area (Å²) in [5.74, 6) is 0. The van der Waals surface area contributed by atoms with Gasteiger partial charge in [0.2, 0.25) is 0 Å². The molecular weight excluding hydrogens is 130 g/mol. The highest BCUT2D eigenvalue weighted by Crippen LogP contribution is 2.04. The van der Waals surface area contributed by atoms with Gasteiger partial charge in [-0.1, -0.05) is 12.6 Å². The van der Waals surface area contributed by atoms with E-state index in [0.29, 0.717) is 0 Å². The van der Waals surface area contributed by atoms with Crippen LogP contribution in [0.3, 0.4) is 0 Å². The summed E-state index contributed by atoms with van der Waals surface area (Å²) in [4.78, 5) is 5.03. The Morgan fingerprint density at radius 2 is 2.56 bits per heavy atom. The Hall–Kier alpha value is -0.890. The number of hydrogen-bond acceptors (Lipinski definition) is 2. The van der Waals surface area contributed by atoms with Gasteiger partial charge in [0.05, 0.1) is 0 Å². The Morgan fingerprint density at radius 3 is 3.11 bits per heavy atom. The third kappa shape index (κ3) is 1.82. The van der Waals surface area contributed by atoms with Crippen LogP contribution in [-0.4, -0.2) is 6.21 Å². The van der Waals surface area contributed by atoms with E-state index in [2.05, 4.69) is 11.6 Å². The van der Waals surface area contributed by atoms with Crippen molar-refractivity contribution in [3.05, 3.63) is 35.2 Å². The average Bonchev–Trinajstić information content (AvgIpc) is 2.34. The van der Waals surface area contributed by atoms with Crippen molar-refractivity contribution in [3.63, 3.8) is 0 Å². The fourth-order valence-corrected chi connectivity index (χ4v) is 1.08. The van der Waals surface area contributed by atoms with Crippen LogP contribution < -0.4 is 0 Å². The van der Waals surface area contributed by atoms with Crippen molar-refractivity contribution in [3.8, 4) is 0 Å². The highest BCUT2D eigenvalue weighted by atomic mass is 32.1. The third-order valence-corrected chi connectivity index (χ3v) is 1.66. The predicted molar refractivity (Wildman–Crippen MR) is 42.1 cm³/mol. The molecule has 0 N–H and O–H groups in total. The molecule has 0 radical (unpaired) electrons. The second kappa shape index (κ2) is 3.20. The summed E-state index contributed by atoms with van der Waals surface area (Å²) >= 11 is 1.67. The van der Waals surface area contributed by atoms with Gasteiger partial charge in [0.25, 0.3) is 0 Å². The first kappa shape index (κ1) is 6.23. The Morgan fingerprint density at radius 1 is 1.67 bits per heavy atom. The van der Waals surface area contributed by atoms with Crippen molar-refractivity contribution in [2.24, 2.45) is 4.99 Å². The van der Waals surface area contributed by atoms with E-state index in [1.54, 1.807) is 17.6 Å². The zero-order valence-electron chi connectivity index (χ0n) is 4.95. The molecule has 0 aromatic carbocycles. The molecule has 1 rings (SSSR count). The molecule has 0 aliphatic heterocycles. The van der Waals surface area contributed by atoms with Crippen LogP contribution in [0.25, 0.3) is 0 Å². The molecule has 0 spiro atoms. The van der Waals surface area contributed by atoms with Gasteiger partial charge in [-0.05, 0) is 11.4 Å². The zero-order valence-corrected chi connectivity index (χ0v) is 5.77. The fourth-order valence-electron chi connectivity index (χ4n) is 0.491. The number of rotatable bonds is 2. The van der Waals surface area contributed by atoms with Crippen molar-refractivity contribution in [2.75, 3.05) is 0 Å². The van der Waals surface area contributed by atoms with Gasteiger partial charge in [0, 0.05) is 17.3 Å². The summed E-state index contributed by atoms with van der Waals surface area (Å²) in [6.07, 6.45) is 3.32. The SMILES string of the molecule is C=CN=Cc1cccs1. The van der Waals surface area contributed by atoms with Gasteiger partial charge in [0.15, 0.2) is 0 Å². The van der Waals surface area contributed by atoms with E-state index in [0.717, 1.165) is 4.88 Å². The summed E-state index contributed by atoms with van der Waals surface area (Å²) in [6.45, 7) is 3.47. The molecule has 46 valence electrons. The Balaban J connectivity index is 2.67. The summed E-state index contributed by atoms with van der Waals surface area (Å²) < 4.78 is 0. The smallest absolute Gasteiger partial charge is 0.0453 e. The summed E-state index contributed by atoms with van der Waals surface area (Å²) in [7, 11) is 0. The van der Waals surface area contributed by atoms with Crippen LogP contribution in [0.4, 0.5) is 0 Å². The number of thiophene rings is 1. The third-order valence-electron chi connectivity index (χ3n) is 0.850. The van der Waals surface area contributed by atoms with E-state index < -0.39 is 0 Å². The van der Waals surface area contributed by atoms with Gasteiger partial charge in [-0.15, -0.1) is 11.3 Å². The molecule has 1 aromatic heterocycles. The molecule has 0 saturated heterocycles. The molecule has 0 fully saturated rings. The van der Waals surface area contributed by atoms with Crippen molar-refractivity contribution in [1.29, 1.82) is 0 Å². The van der Waals surface area contributed by atoms with E-state index >= 15 is 0 Å². The number of hydrogen-bond donors (Lipinski definition) is 0. The monoisotopic (exact) mass is 137 g/mol. The Labute approximate surface area is 58.4 Å². The lowest BCUT2D eigenvalue weighted by molar-refractivity contribution is 1.62. The van der Waals surface area contributed by atoms with Gasteiger partial charge in [-0.2, -0.15) is 0 Å². The zero-order chi connectivity index (χ0) is 6.53. The highest BCUT2D eigenvalue weighted by Gasteiger charge is 1.82. The maximum absolute atomic E-state index is 3.86. The first-order valence-electron chi connectivity index (χ1n) is 2.61. The summed E-state index contributed by atoms with van der Waals surface area (Å²) in [6, 6.07) is 4.01. The molecule has 0 unspecified atom stereocenters. The molecule has 0 saturated carbocycles. The van der Waals surface area contributed by atoms with Crippen molar-refractivity contribution in [2.45, 2.75) is 0 Å². The van der Waals surface area contributed by atoms with E-state index in [9.17, 15) is 0 Å². The molecule has 0 atom stereocenters. The predicted octanol–water partition coefficient (Wildman–Crippen LogP) is 2.31. The lowest BCUT2D eigenvalue weighted by atomic mass is 10.5. The second-order valence-corrected chi connectivity index (χ2v) is 2.46. The molecule has 9 heavy (non-hydrogen) atoms. The largest absolute Gasteiger partial charge is 0.264 e. The lowest BCUT2D eigenvalue weighted by Crippen LogP contribution is -1.66. The first-order chi connectivity index (χ1) is 4.43. The van der Waals surface area contributed by atoms with Crippen LogP contribution in [0, 0.1) is 0 Å². The Bertz CT molecular complexity index is 199. The molecule has 0 bridgehead atoms. The topological polar surface area (TPSA) is 12.4 Å². The van der Waals surface area contributed by atoms with E-state index in [-0.39, 0.29) is 0 Å². The van der Waals surface area contributed by atoms with Crippen LogP contribution in [-0.2, 0) is 0 Å². The van der Waals surface area contributed by atoms with Gasteiger partial charge < -0.3 is 0 Å². The average molecular weight is 137 g/mol. The lowest BCUT2D eigenvalue weighted by Gasteiger charge is -1.75. The molecule has 1 heterocycles. The molecule has 2 heteroatoms. The number of nitrogens with zero attached hydrogens (tertiary/aromatic N) is 1. The minimum Gasteiger partial charge on any atom is -0.264 e. The minimum absolute atomic E-state index is 1.16. The van der Waals surface area contributed by atoms with Crippen LogP contribution in [0.15, 0.2) is 35.3 Å². The molecular formula is C7H7NS. The summed E-state index contributed by atoms with van der Waals surface area (Å²) in [5.41, 5.74) is 0. The minimum atomic E-state index is 1.16. The first-order valence-corrected chi connectivity index (χ1v) is 3.49. The Kier molecular flexibility index (Phi) is 2.22. The van der Waals surface area contributed by atoms with Gasteiger partial charge in [-0.3, -0.25) is 4.99 Å². The van der Waals surface area contributed by atoms with E-state index in [1.807, 2.05) is 17.5 Å². The molecule has 0 aliphatic carbocycles. The standard InChI is InChI=1S/C7H7NS/c1-2-8-6-7-4-3-5-9-7/h2-6H,1H2. The summed E-state index contributed by atoms with van der Waals surface area (Å²) in [5, 5.41) is 2.02. The fraction of sp³-hybridized carbons (Fsp3) is 0. The van der Waals surface area contributed by atoms with Crippen molar-refractivity contribution >= 4 is 17.6 Å². The molecule has 1 nitrogen and oxygen atoms in total. The maximum Gasteiger partial charge on any atom is 0.0453 e. The van der Waals surface area contributed by atoms with Gasteiger partial charge in [0.1, 0.15) is 0 Å². The second-order valence-electron chi connectivity index (χ2n) is 1.48. The number of aliphatic imine (C=N–C) groups is 1. The van der Waals surface area contributed by atoms with E-state index in [4.69, 9.17) is 0 Å². The van der Waals surface area contributed by atoms with Crippen LogP contribution in [0.2, 0.25) is 0 Å². The molecule has 1 aromatic rings. The van der Waals surface area contributed by atoms with Crippen LogP contribution in [0.5, 0.6) is 0 Å². The van der Waals surface area contributed by atoms with Crippen LogP contribution in [0.1, 0.15) is 4.88 Å². The molecule has 0 amide bonds. The van der Waals surface area contributed by atoms with Gasteiger partial charge >= 0.3 is 0 Å². The maximum atomic E-state index is 3.86. The van der Waals surface area contributed by atoms with Crippen LogP contribution >= 0.6 is 11.3 Å². The molecule has 0 aliphatic rings. The van der Waals surface area contributed by atoms with Gasteiger partial charge in [-0.25, -0.2) is 0 Å². The van der Waals surface area contributed by atoms with Crippen molar-refractivity contribution < 1.29 is 0 Å². The highest BCUT2D eigenvalue weighted by molar-refractivity contribution is 7.11.